The first kappa shape index (κ1) is 28.5. The van der Waals surface area contributed by atoms with E-state index in [2.05, 4.69) is 4.90 Å². The summed E-state index contributed by atoms with van der Waals surface area (Å²) in [5, 5.41) is 20.7. The molecule has 0 heterocycles. The summed E-state index contributed by atoms with van der Waals surface area (Å²) < 4.78 is 17.7. The minimum Gasteiger partial charge on any atom is -0.507 e. The molecule has 4 rings (SSSR count). The molecule has 0 radical (unpaired) electrons. The number of aromatic hydroxyl groups is 1. The largest absolute Gasteiger partial charge is 0.507 e. The molecule has 0 aromatic heterocycles. The van der Waals surface area contributed by atoms with Gasteiger partial charge in [0.05, 0.1) is 5.56 Å². The molecule has 0 bridgehead atoms. The van der Waals surface area contributed by atoms with E-state index in [1.165, 1.54) is 12.1 Å². The van der Waals surface area contributed by atoms with Crippen LogP contribution in [0.4, 0.5) is 0 Å². The Hall–Kier alpha value is -4.53. The van der Waals surface area contributed by atoms with Gasteiger partial charge in [0.2, 0.25) is 0 Å². The number of aliphatic hydroxyl groups excluding tert-OH is 1. The molecule has 8 nitrogen and oxygen atoms in total. The second kappa shape index (κ2) is 14.6. The van der Waals surface area contributed by atoms with Crippen molar-refractivity contribution in [1.82, 2.24) is 4.90 Å². The SMILES string of the molecule is NC(=O)c1cc(OCCN(Cc2ccccc2)CC(O)COc2ccccc2OCc2ccccc2)ccc1O. The van der Waals surface area contributed by atoms with Gasteiger partial charge in [-0.3, -0.25) is 9.69 Å². The Morgan fingerprint density at radius 3 is 2.10 bits per heavy atom. The van der Waals surface area contributed by atoms with Crippen molar-refractivity contribution >= 4 is 5.91 Å². The summed E-state index contributed by atoms with van der Waals surface area (Å²) in [7, 11) is 0. The van der Waals surface area contributed by atoms with Crippen molar-refractivity contribution in [3.8, 4) is 23.0 Å². The quantitative estimate of drug-likeness (QED) is 0.204. The summed E-state index contributed by atoms with van der Waals surface area (Å²) >= 11 is 0. The smallest absolute Gasteiger partial charge is 0.252 e. The first-order chi connectivity index (χ1) is 19.5. The zero-order chi connectivity index (χ0) is 28.2. The van der Waals surface area contributed by atoms with Gasteiger partial charge in [-0.1, -0.05) is 72.8 Å². The van der Waals surface area contributed by atoms with Crippen LogP contribution in [0.15, 0.2) is 103 Å². The highest BCUT2D eigenvalue weighted by Crippen LogP contribution is 2.27. The average molecular weight is 543 g/mol. The zero-order valence-electron chi connectivity index (χ0n) is 22.2. The van der Waals surface area contributed by atoms with Gasteiger partial charge in [0.15, 0.2) is 11.5 Å². The molecule has 0 aliphatic rings. The number of hydrogen-bond acceptors (Lipinski definition) is 7. The number of primary amides is 1. The van der Waals surface area contributed by atoms with Crippen molar-refractivity contribution in [2.75, 3.05) is 26.3 Å². The number of amides is 1. The van der Waals surface area contributed by atoms with E-state index < -0.39 is 12.0 Å². The van der Waals surface area contributed by atoms with Crippen LogP contribution < -0.4 is 19.9 Å². The Morgan fingerprint density at radius 1 is 0.800 bits per heavy atom. The maximum Gasteiger partial charge on any atom is 0.252 e. The monoisotopic (exact) mass is 542 g/mol. The van der Waals surface area contributed by atoms with Gasteiger partial charge in [-0.15, -0.1) is 0 Å². The van der Waals surface area contributed by atoms with E-state index in [0.717, 1.165) is 11.1 Å². The molecular formula is C32H34N2O6. The van der Waals surface area contributed by atoms with Crippen molar-refractivity contribution in [2.45, 2.75) is 19.3 Å². The van der Waals surface area contributed by atoms with Gasteiger partial charge in [0.25, 0.3) is 5.91 Å². The van der Waals surface area contributed by atoms with Crippen LogP contribution in [-0.2, 0) is 13.2 Å². The first-order valence-corrected chi connectivity index (χ1v) is 13.1. The summed E-state index contributed by atoms with van der Waals surface area (Å²) in [6.45, 7) is 2.22. The van der Waals surface area contributed by atoms with Gasteiger partial charge in [-0.25, -0.2) is 0 Å². The molecule has 0 aliphatic heterocycles. The molecule has 0 saturated carbocycles. The number of phenols is 1. The third-order valence-electron chi connectivity index (χ3n) is 6.15. The number of carbonyl (C=O) groups excluding carboxylic acids is 1. The molecule has 1 unspecified atom stereocenters. The third kappa shape index (κ3) is 8.76. The highest BCUT2D eigenvalue weighted by Gasteiger charge is 2.16. The minimum atomic E-state index is -0.777. The van der Waals surface area contributed by atoms with Crippen LogP contribution in [0.3, 0.4) is 0 Å². The molecule has 8 heteroatoms. The second-order valence-electron chi connectivity index (χ2n) is 9.30. The molecule has 4 aromatic rings. The summed E-state index contributed by atoms with van der Waals surface area (Å²) in [5.41, 5.74) is 7.46. The normalized spacial score (nSPS) is 11.7. The van der Waals surface area contributed by atoms with Gasteiger partial charge >= 0.3 is 0 Å². The number of para-hydroxylation sites is 2. The zero-order valence-corrected chi connectivity index (χ0v) is 22.2. The summed E-state index contributed by atoms with van der Waals surface area (Å²) in [6, 6.07) is 31.6. The van der Waals surface area contributed by atoms with Crippen LogP contribution >= 0.6 is 0 Å². The fraction of sp³-hybridized carbons (Fsp3) is 0.219. The van der Waals surface area contributed by atoms with Crippen molar-refractivity contribution in [3.05, 3.63) is 120 Å². The van der Waals surface area contributed by atoms with E-state index in [4.69, 9.17) is 19.9 Å². The van der Waals surface area contributed by atoms with Crippen molar-refractivity contribution in [3.63, 3.8) is 0 Å². The Bertz CT molecular complexity index is 1350. The Balaban J connectivity index is 1.33. The van der Waals surface area contributed by atoms with Gasteiger partial charge in [-0.2, -0.15) is 0 Å². The van der Waals surface area contributed by atoms with Crippen molar-refractivity contribution in [2.24, 2.45) is 5.73 Å². The van der Waals surface area contributed by atoms with Crippen molar-refractivity contribution in [1.29, 1.82) is 0 Å². The maximum atomic E-state index is 11.5. The molecule has 4 N–H and O–H groups in total. The lowest BCUT2D eigenvalue weighted by atomic mass is 10.2. The van der Waals surface area contributed by atoms with Crippen LogP contribution in [0.1, 0.15) is 21.5 Å². The van der Waals surface area contributed by atoms with E-state index in [1.807, 2.05) is 84.9 Å². The third-order valence-corrected chi connectivity index (χ3v) is 6.15. The molecule has 0 aliphatic carbocycles. The van der Waals surface area contributed by atoms with Gasteiger partial charge in [0, 0.05) is 19.6 Å². The van der Waals surface area contributed by atoms with Crippen LogP contribution in [0.25, 0.3) is 0 Å². The maximum absolute atomic E-state index is 11.5. The molecular weight excluding hydrogens is 508 g/mol. The average Bonchev–Trinajstić information content (AvgIpc) is 2.97. The Kier molecular flexibility index (Phi) is 10.4. The molecule has 0 fully saturated rings. The Morgan fingerprint density at radius 2 is 1.43 bits per heavy atom. The van der Waals surface area contributed by atoms with E-state index in [9.17, 15) is 15.0 Å². The molecule has 4 aromatic carbocycles. The van der Waals surface area contributed by atoms with Gasteiger partial charge in [-0.05, 0) is 41.5 Å². The van der Waals surface area contributed by atoms with Gasteiger partial charge in [0.1, 0.15) is 37.4 Å². The fourth-order valence-corrected chi connectivity index (χ4v) is 4.13. The Labute approximate surface area is 234 Å². The van der Waals surface area contributed by atoms with Crippen LogP contribution in [-0.4, -0.2) is 53.4 Å². The number of nitrogens with two attached hydrogens (primary N) is 1. The number of hydrogen-bond donors (Lipinski definition) is 3. The number of benzene rings is 4. The van der Waals surface area contributed by atoms with Crippen LogP contribution in [0, 0.1) is 0 Å². The second-order valence-corrected chi connectivity index (χ2v) is 9.30. The van der Waals surface area contributed by atoms with E-state index in [0.29, 0.717) is 50.1 Å². The summed E-state index contributed by atoms with van der Waals surface area (Å²) in [5.74, 6) is 0.664. The standard InChI is InChI=1S/C32H34N2O6/c33-32(37)28-19-27(15-16-29(28)36)38-18-17-34(20-24-9-3-1-4-10-24)21-26(35)23-40-31-14-8-7-13-30(31)39-22-25-11-5-2-6-12-25/h1-16,19,26,35-36H,17-18,20-23H2,(H2,33,37). The van der Waals surface area contributed by atoms with Gasteiger partial charge < -0.3 is 30.2 Å². The first-order valence-electron chi connectivity index (χ1n) is 13.1. The molecule has 1 atom stereocenters. The predicted octanol–water partition coefficient (Wildman–Crippen LogP) is 4.39. The summed E-state index contributed by atoms with van der Waals surface area (Å²) in [4.78, 5) is 13.6. The lowest BCUT2D eigenvalue weighted by molar-refractivity contribution is 0.0592. The number of rotatable bonds is 15. The predicted molar refractivity (Wildman–Crippen MR) is 153 cm³/mol. The van der Waals surface area contributed by atoms with E-state index >= 15 is 0 Å². The highest BCUT2D eigenvalue weighted by molar-refractivity contribution is 5.95. The molecule has 208 valence electrons. The van der Waals surface area contributed by atoms with Crippen molar-refractivity contribution < 1.29 is 29.2 Å². The lowest BCUT2D eigenvalue weighted by Crippen LogP contribution is -2.37. The number of aliphatic hydroxyl groups is 1. The highest BCUT2D eigenvalue weighted by atomic mass is 16.5. The van der Waals surface area contributed by atoms with Crippen LogP contribution in [0.2, 0.25) is 0 Å². The molecule has 1 amide bonds. The minimum absolute atomic E-state index is 0.000702. The van der Waals surface area contributed by atoms with E-state index in [-0.39, 0.29) is 17.9 Å². The molecule has 0 spiro atoms. The topological polar surface area (TPSA) is 114 Å². The molecule has 0 saturated heterocycles. The number of ether oxygens (including phenoxy) is 3. The molecule has 40 heavy (non-hydrogen) atoms. The number of carbonyl (C=O) groups is 1. The summed E-state index contributed by atoms with van der Waals surface area (Å²) in [6.07, 6.45) is -0.777. The van der Waals surface area contributed by atoms with E-state index in [1.54, 1.807) is 6.07 Å². The lowest BCUT2D eigenvalue weighted by Gasteiger charge is -2.25. The fourth-order valence-electron chi connectivity index (χ4n) is 4.13. The number of nitrogens with zero attached hydrogens (tertiary/aromatic N) is 1. The van der Waals surface area contributed by atoms with Crippen LogP contribution in [0.5, 0.6) is 23.0 Å².